The highest BCUT2D eigenvalue weighted by Crippen LogP contribution is 2.31. The van der Waals surface area contributed by atoms with Gasteiger partial charge in [0.15, 0.2) is 0 Å². The molecule has 0 radical (unpaired) electrons. The third-order valence-corrected chi connectivity index (χ3v) is 4.86. The molecule has 0 aliphatic heterocycles. The van der Waals surface area contributed by atoms with Crippen molar-refractivity contribution in [3.05, 3.63) is 62.6 Å². The van der Waals surface area contributed by atoms with Gasteiger partial charge in [-0.2, -0.15) is 0 Å². The lowest BCUT2D eigenvalue weighted by Crippen LogP contribution is -2.25. The Bertz CT molecular complexity index is 685. The zero-order valence-electron chi connectivity index (χ0n) is 15.5. The molecule has 0 saturated carbocycles. The van der Waals surface area contributed by atoms with Crippen molar-refractivity contribution in [1.29, 1.82) is 0 Å². The van der Waals surface area contributed by atoms with E-state index in [9.17, 15) is 5.11 Å². The zero-order chi connectivity index (χ0) is 18.9. The predicted molar refractivity (Wildman–Crippen MR) is 112 cm³/mol. The van der Waals surface area contributed by atoms with Crippen LogP contribution in [0.5, 0.6) is 5.75 Å². The molecule has 142 valence electrons. The van der Waals surface area contributed by atoms with Crippen LogP contribution in [0, 0.1) is 0 Å². The summed E-state index contributed by atoms with van der Waals surface area (Å²) in [5.41, 5.74) is 2.95. The molecule has 0 atom stereocenters. The normalized spacial score (nSPS) is 11.2. The van der Waals surface area contributed by atoms with Crippen molar-refractivity contribution in [1.82, 2.24) is 4.90 Å². The number of hydrogen-bond acceptors (Lipinski definition) is 3. The van der Waals surface area contributed by atoms with Crippen LogP contribution in [0.25, 0.3) is 0 Å². The van der Waals surface area contributed by atoms with Crippen molar-refractivity contribution < 1.29 is 9.84 Å². The third kappa shape index (κ3) is 6.27. The number of benzene rings is 2. The summed E-state index contributed by atoms with van der Waals surface area (Å²) < 4.78 is 7.11. The van der Waals surface area contributed by atoms with Crippen molar-refractivity contribution in [3.8, 4) is 5.75 Å². The van der Waals surface area contributed by atoms with Gasteiger partial charge in [-0.25, -0.2) is 0 Å². The van der Waals surface area contributed by atoms with Crippen LogP contribution in [0.15, 0.2) is 40.9 Å². The molecule has 0 unspecified atom stereocenters. The van der Waals surface area contributed by atoms with E-state index in [-0.39, 0.29) is 6.61 Å². The molecule has 0 bridgehead atoms. The maximum Gasteiger partial charge on any atom is 0.129 e. The van der Waals surface area contributed by atoms with Gasteiger partial charge in [0.1, 0.15) is 12.4 Å². The molecule has 0 aliphatic rings. The van der Waals surface area contributed by atoms with E-state index >= 15 is 0 Å². The molecule has 0 spiro atoms. The Labute approximate surface area is 170 Å². The van der Waals surface area contributed by atoms with Gasteiger partial charge < -0.3 is 9.84 Å². The van der Waals surface area contributed by atoms with E-state index < -0.39 is 0 Å². The lowest BCUT2D eigenvalue weighted by atomic mass is 10.1. The molecule has 0 heterocycles. The standard InChI is InChI=1S/C21H27BrClNO2/c1-3-9-24(10-4-2)13-17-11-19(22)12-18(14-25)21(17)26-15-16-5-7-20(23)8-6-16/h5-8,11-12,25H,3-4,9-10,13-15H2,1-2H3. The molecule has 2 aromatic carbocycles. The minimum absolute atomic E-state index is 0.0516. The van der Waals surface area contributed by atoms with Gasteiger partial charge >= 0.3 is 0 Å². The van der Waals surface area contributed by atoms with E-state index in [1.54, 1.807) is 0 Å². The van der Waals surface area contributed by atoms with Crippen LogP contribution in [0.2, 0.25) is 5.02 Å². The van der Waals surface area contributed by atoms with Crippen LogP contribution in [-0.2, 0) is 19.8 Å². The second-order valence-corrected chi connectivity index (χ2v) is 7.75. The smallest absolute Gasteiger partial charge is 0.129 e. The van der Waals surface area contributed by atoms with Crippen molar-refractivity contribution in [2.75, 3.05) is 13.1 Å². The fraction of sp³-hybridized carbons (Fsp3) is 0.429. The van der Waals surface area contributed by atoms with E-state index in [4.69, 9.17) is 16.3 Å². The molecule has 0 aromatic heterocycles. The van der Waals surface area contributed by atoms with E-state index in [1.807, 2.05) is 30.3 Å². The van der Waals surface area contributed by atoms with Gasteiger partial charge in [0.2, 0.25) is 0 Å². The number of halogens is 2. The lowest BCUT2D eigenvalue weighted by molar-refractivity contribution is 0.241. The number of hydrogen-bond donors (Lipinski definition) is 1. The van der Waals surface area contributed by atoms with Crippen LogP contribution < -0.4 is 4.74 Å². The first-order valence-corrected chi connectivity index (χ1v) is 10.3. The molecule has 0 saturated heterocycles. The summed E-state index contributed by atoms with van der Waals surface area (Å²) in [6, 6.07) is 11.7. The van der Waals surface area contributed by atoms with E-state index in [0.29, 0.717) is 11.6 Å². The van der Waals surface area contributed by atoms with Crippen molar-refractivity contribution in [3.63, 3.8) is 0 Å². The largest absolute Gasteiger partial charge is 0.488 e. The topological polar surface area (TPSA) is 32.7 Å². The van der Waals surface area contributed by atoms with E-state index in [1.165, 1.54) is 0 Å². The Kier molecular flexibility index (Phi) is 8.93. The minimum atomic E-state index is -0.0516. The maximum atomic E-state index is 9.81. The predicted octanol–water partition coefficient (Wildman–Crippen LogP) is 5.80. The highest BCUT2D eigenvalue weighted by molar-refractivity contribution is 9.10. The Morgan fingerprint density at radius 3 is 2.23 bits per heavy atom. The Morgan fingerprint density at radius 1 is 1.04 bits per heavy atom. The third-order valence-electron chi connectivity index (χ3n) is 4.15. The molecule has 26 heavy (non-hydrogen) atoms. The summed E-state index contributed by atoms with van der Waals surface area (Å²) in [7, 11) is 0. The number of rotatable bonds is 10. The molecule has 2 rings (SSSR count). The number of aliphatic hydroxyl groups is 1. The molecule has 0 amide bonds. The average Bonchev–Trinajstić information content (AvgIpc) is 2.62. The fourth-order valence-corrected chi connectivity index (χ4v) is 3.69. The number of ether oxygens (including phenoxy) is 1. The molecule has 5 heteroatoms. The van der Waals surface area contributed by atoms with Crippen molar-refractivity contribution in [2.24, 2.45) is 0 Å². The molecule has 1 N–H and O–H groups in total. The van der Waals surface area contributed by atoms with Gasteiger partial charge in [-0.05, 0) is 55.8 Å². The van der Waals surface area contributed by atoms with Crippen LogP contribution in [0.1, 0.15) is 43.4 Å². The van der Waals surface area contributed by atoms with Crippen molar-refractivity contribution >= 4 is 27.5 Å². The summed E-state index contributed by atoms with van der Waals surface area (Å²) in [6.07, 6.45) is 2.23. The maximum absolute atomic E-state index is 9.81. The van der Waals surface area contributed by atoms with Gasteiger partial charge in [0.25, 0.3) is 0 Å². The highest BCUT2D eigenvalue weighted by Gasteiger charge is 2.15. The summed E-state index contributed by atoms with van der Waals surface area (Å²) in [5.74, 6) is 0.780. The van der Waals surface area contributed by atoms with Gasteiger partial charge in [-0.1, -0.05) is 53.5 Å². The molecule has 2 aromatic rings. The van der Waals surface area contributed by atoms with E-state index in [2.05, 4.69) is 40.7 Å². The first kappa shape index (κ1) is 21.2. The number of aliphatic hydroxyl groups excluding tert-OH is 1. The summed E-state index contributed by atoms with van der Waals surface area (Å²) in [5, 5.41) is 10.5. The molecule has 0 aliphatic carbocycles. The monoisotopic (exact) mass is 439 g/mol. The fourth-order valence-electron chi connectivity index (χ4n) is 3.01. The van der Waals surface area contributed by atoms with Gasteiger partial charge in [0, 0.05) is 27.2 Å². The SMILES string of the molecule is CCCN(CCC)Cc1cc(Br)cc(CO)c1OCc1ccc(Cl)cc1. The van der Waals surface area contributed by atoms with Gasteiger partial charge in [-0.3, -0.25) is 4.90 Å². The summed E-state index contributed by atoms with van der Waals surface area (Å²) in [4.78, 5) is 2.43. The Balaban J connectivity index is 2.25. The van der Waals surface area contributed by atoms with Crippen LogP contribution in [0.3, 0.4) is 0 Å². The first-order valence-electron chi connectivity index (χ1n) is 9.09. The number of nitrogens with zero attached hydrogens (tertiary/aromatic N) is 1. The molecular weight excluding hydrogens is 414 g/mol. The van der Waals surface area contributed by atoms with Crippen LogP contribution in [-0.4, -0.2) is 23.1 Å². The average molecular weight is 441 g/mol. The molecule has 0 fully saturated rings. The quantitative estimate of drug-likeness (QED) is 0.507. The second-order valence-electron chi connectivity index (χ2n) is 6.40. The van der Waals surface area contributed by atoms with Crippen LogP contribution >= 0.6 is 27.5 Å². The second kappa shape index (κ2) is 10.9. The van der Waals surface area contributed by atoms with E-state index in [0.717, 1.165) is 59.4 Å². The minimum Gasteiger partial charge on any atom is -0.488 e. The first-order chi connectivity index (χ1) is 12.6. The zero-order valence-corrected chi connectivity index (χ0v) is 17.8. The van der Waals surface area contributed by atoms with Crippen molar-refractivity contribution in [2.45, 2.75) is 46.4 Å². The van der Waals surface area contributed by atoms with Crippen LogP contribution in [0.4, 0.5) is 0 Å². The Morgan fingerprint density at radius 2 is 1.65 bits per heavy atom. The summed E-state index contributed by atoms with van der Waals surface area (Å²) >= 11 is 9.51. The van der Waals surface area contributed by atoms with Gasteiger partial charge in [0.05, 0.1) is 6.61 Å². The molecular formula is C21H27BrClNO2. The Hall–Kier alpha value is -1.07. The lowest BCUT2D eigenvalue weighted by Gasteiger charge is -2.24. The highest BCUT2D eigenvalue weighted by atomic mass is 79.9. The molecule has 3 nitrogen and oxygen atoms in total. The summed E-state index contributed by atoms with van der Waals surface area (Å²) in [6.45, 7) is 7.69. The van der Waals surface area contributed by atoms with Gasteiger partial charge in [-0.15, -0.1) is 0 Å².